The topological polar surface area (TPSA) is 29.3 Å². The molecule has 0 spiro atoms. The summed E-state index contributed by atoms with van der Waals surface area (Å²) in [5.74, 6) is 2.63. The monoisotopic (exact) mass is 238 g/mol. The van der Waals surface area contributed by atoms with Gasteiger partial charge in [0.25, 0.3) is 0 Å². The molecule has 1 heterocycles. The number of nitrogens with two attached hydrogens (primary N) is 1. The lowest BCUT2D eigenvalue weighted by Gasteiger charge is -2.35. The third kappa shape index (κ3) is 3.69. The van der Waals surface area contributed by atoms with Gasteiger partial charge in [-0.15, -0.1) is 0 Å². The van der Waals surface area contributed by atoms with Crippen LogP contribution in [0.3, 0.4) is 0 Å². The first kappa shape index (κ1) is 13.4. The number of hydrogen-bond donors (Lipinski definition) is 1. The summed E-state index contributed by atoms with van der Waals surface area (Å²) in [6, 6.07) is 0.469. The van der Waals surface area contributed by atoms with Crippen LogP contribution in [0, 0.1) is 17.8 Å². The largest absolute Gasteiger partial charge is 0.327 e. The van der Waals surface area contributed by atoms with Crippen LogP contribution >= 0.6 is 0 Å². The fraction of sp³-hybridized carbons (Fsp3) is 1.00. The van der Waals surface area contributed by atoms with Gasteiger partial charge in [0.1, 0.15) is 0 Å². The van der Waals surface area contributed by atoms with Crippen molar-refractivity contribution in [2.45, 2.75) is 58.4 Å². The Balaban J connectivity index is 1.76. The van der Waals surface area contributed by atoms with Crippen molar-refractivity contribution in [2.75, 3.05) is 19.6 Å². The lowest BCUT2D eigenvalue weighted by molar-refractivity contribution is 0.177. The Morgan fingerprint density at radius 1 is 1.24 bits per heavy atom. The highest BCUT2D eigenvalue weighted by atomic mass is 15.1. The molecule has 2 rings (SSSR count). The lowest BCUT2D eigenvalue weighted by Crippen LogP contribution is -2.42. The van der Waals surface area contributed by atoms with Crippen LogP contribution in [0.15, 0.2) is 0 Å². The normalized spacial score (nSPS) is 39.7. The highest BCUT2D eigenvalue weighted by Gasteiger charge is 2.30. The van der Waals surface area contributed by atoms with Crippen molar-refractivity contribution in [1.29, 1.82) is 0 Å². The third-order valence-corrected chi connectivity index (χ3v) is 4.86. The van der Waals surface area contributed by atoms with Crippen molar-refractivity contribution in [3.05, 3.63) is 0 Å². The quantitative estimate of drug-likeness (QED) is 0.816. The Kier molecular flexibility index (Phi) is 4.87. The van der Waals surface area contributed by atoms with Crippen molar-refractivity contribution in [1.82, 2.24) is 4.90 Å². The van der Waals surface area contributed by atoms with Gasteiger partial charge in [-0.05, 0) is 56.4 Å². The molecule has 2 N–H and O–H groups in total. The smallest absolute Gasteiger partial charge is 0.00795 e. The highest BCUT2D eigenvalue weighted by molar-refractivity contribution is 4.85. The molecule has 4 unspecified atom stereocenters. The zero-order chi connectivity index (χ0) is 12.3. The molecule has 0 aromatic heterocycles. The highest BCUT2D eigenvalue weighted by Crippen LogP contribution is 2.30. The van der Waals surface area contributed by atoms with Gasteiger partial charge in [-0.2, -0.15) is 0 Å². The van der Waals surface area contributed by atoms with E-state index in [1.807, 2.05) is 0 Å². The minimum absolute atomic E-state index is 0.469. The summed E-state index contributed by atoms with van der Waals surface area (Å²) in [4.78, 5) is 2.68. The number of nitrogens with zero attached hydrogens (tertiary/aromatic N) is 1. The molecule has 0 bridgehead atoms. The first-order valence-electron chi connectivity index (χ1n) is 7.67. The van der Waals surface area contributed by atoms with E-state index in [4.69, 9.17) is 5.73 Å². The second kappa shape index (κ2) is 6.19. The van der Waals surface area contributed by atoms with Gasteiger partial charge in [0.05, 0.1) is 0 Å². The summed E-state index contributed by atoms with van der Waals surface area (Å²) in [5, 5.41) is 0. The summed E-state index contributed by atoms with van der Waals surface area (Å²) < 4.78 is 0. The fourth-order valence-corrected chi connectivity index (χ4v) is 3.79. The Labute approximate surface area is 107 Å². The molecule has 2 heteroatoms. The van der Waals surface area contributed by atoms with Crippen LogP contribution in [0.4, 0.5) is 0 Å². The van der Waals surface area contributed by atoms with E-state index in [-0.39, 0.29) is 0 Å². The lowest BCUT2D eigenvalue weighted by atomic mass is 9.79. The van der Waals surface area contributed by atoms with E-state index >= 15 is 0 Å². The molecule has 1 aliphatic carbocycles. The molecule has 100 valence electrons. The van der Waals surface area contributed by atoms with Crippen molar-refractivity contribution < 1.29 is 0 Å². The molecule has 2 aliphatic rings. The molecule has 1 saturated carbocycles. The molecule has 0 amide bonds. The predicted octanol–water partition coefficient (Wildman–Crippen LogP) is 2.87. The van der Waals surface area contributed by atoms with Crippen LogP contribution in [0.1, 0.15) is 52.4 Å². The van der Waals surface area contributed by atoms with E-state index < -0.39 is 0 Å². The summed E-state index contributed by atoms with van der Waals surface area (Å²) in [6.45, 7) is 8.63. The minimum atomic E-state index is 0.469. The zero-order valence-electron chi connectivity index (χ0n) is 11.7. The molecule has 0 radical (unpaired) electrons. The molecular weight excluding hydrogens is 208 g/mol. The number of hydrogen-bond acceptors (Lipinski definition) is 2. The van der Waals surface area contributed by atoms with Crippen LogP contribution < -0.4 is 5.73 Å². The van der Waals surface area contributed by atoms with Crippen molar-refractivity contribution in [2.24, 2.45) is 23.5 Å². The van der Waals surface area contributed by atoms with Crippen LogP contribution in [-0.4, -0.2) is 30.6 Å². The molecule has 0 aromatic carbocycles. The standard InChI is InChI=1S/C15H30N2/c1-3-4-13-7-8-17(10-13)11-14-9-12(2)5-6-15(14)16/h12-15H,3-11,16H2,1-2H3. The molecule has 0 aromatic rings. The summed E-state index contributed by atoms with van der Waals surface area (Å²) >= 11 is 0. The molecule has 2 fully saturated rings. The SMILES string of the molecule is CCCC1CCN(CC2CC(C)CCC2N)C1. The van der Waals surface area contributed by atoms with E-state index in [9.17, 15) is 0 Å². The maximum atomic E-state index is 6.29. The summed E-state index contributed by atoms with van der Waals surface area (Å²) in [5.41, 5.74) is 6.29. The van der Waals surface area contributed by atoms with Crippen LogP contribution in [0.5, 0.6) is 0 Å². The van der Waals surface area contributed by atoms with Crippen LogP contribution in [-0.2, 0) is 0 Å². The van der Waals surface area contributed by atoms with Gasteiger partial charge in [0.15, 0.2) is 0 Å². The van der Waals surface area contributed by atoms with Gasteiger partial charge in [-0.25, -0.2) is 0 Å². The first-order chi connectivity index (χ1) is 8.19. The Hall–Kier alpha value is -0.0800. The maximum Gasteiger partial charge on any atom is 0.00795 e. The van der Waals surface area contributed by atoms with E-state index in [0.29, 0.717) is 6.04 Å². The average molecular weight is 238 g/mol. The third-order valence-electron chi connectivity index (χ3n) is 4.86. The second-order valence-corrected chi connectivity index (χ2v) is 6.55. The van der Waals surface area contributed by atoms with Gasteiger partial charge < -0.3 is 10.6 Å². The van der Waals surface area contributed by atoms with Gasteiger partial charge in [-0.1, -0.05) is 20.3 Å². The molecule has 1 saturated heterocycles. The van der Waals surface area contributed by atoms with E-state index in [2.05, 4.69) is 18.7 Å². The Morgan fingerprint density at radius 2 is 2.06 bits per heavy atom. The molecular formula is C15H30N2. The average Bonchev–Trinajstić information content (AvgIpc) is 2.72. The zero-order valence-corrected chi connectivity index (χ0v) is 11.7. The molecule has 17 heavy (non-hydrogen) atoms. The Morgan fingerprint density at radius 3 is 2.82 bits per heavy atom. The van der Waals surface area contributed by atoms with Crippen molar-refractivity contribution in [3.8, 4) is 0 Å². The van der Waals surface area contributed by atoms with E-state index in [1.54, 1.807) is 0 Å². The van der Waals surface area contributed by atoms with Crippen molar-refractivity contribution >= 4 is 0 Å². The first-order valence-corrected chi connectivity index (χ1v) is 7.67. The van der Waals surface area contributed by atoms with Crippen molar-refractivity contribution in [3.63, 3.8) is 0 Å². The number of likely N-dealkylation sites (tertiary alicyclic amines) is 1. The van der Waals surface area contributed by atoms with Gasteiger partial charge in [0.2, 0.25) is 0 Å². The Bertz CT molecular complexity index is 229. The van der Waals surface area contributed by atoms with Gasteiger partial charge in [-0.3, -0.25) is 0 Å². The summed E-state index contributed by atoms with van der Waals surface area (Å²) in [6.07, 6.45) is 8.14. The fourth-order valence-electron chi connectivity index (χ4n) is 3.79. The summed E-state index contributed by atoms with van der Waals surface area (Å²) in [7, 11) is 0. The minimum Gasteiger partial charge on any atom is -0.327 e. The second-order valence-electron chi connectivity index (χ2n) is 6.55. The maximum absolute atomic E-state index is 6.29. The van der Waals surface area contributed by atoms with Crippen LogP contribution in [0.2, 0.25) is 0 Å². The molecule has 1 aliphatic heterocycles. The van der Waals surface area contributed by atoms with Gasteiger partial charge >= 0.3 is 0 Å². The van der Waals surface area contributed by atoms with E-state index in [1.165, 1.54) is 58.2 Å². The van der Waals surface area contributed by atoms with E-state index in [0.717, 1.165) is 17.8 Å². The molecule has 4 atom stereocenters. The predicted molar refractivity (Wildman–Crippen MR) is 73.9 cm³/mol. The van der Waals surface area contributed by atoms with Crippen LogP contribution in [0.25, 0.3) is 0 Å². The number of rotatable bonds is 4. The van der Waals surface area contributed by atoms with Gasteiger partial charge in [0, 0.05) is 19.1 Å². The molecule has 2 nitrogen and oxygen atoms in total.